The highest BCUT2D eigenvalue weighted by Gasteiger charge is 2.19. The van der Waals surface area contributed by atoms with Crippen LogP contribution in [-0.2, 0) is 4.74 Å². The van der Waals surface area contributed by atoms with E-state index in [2.05, 4.69) is 45.2 Å². The van der Waals surface area contributed by atoms with Crippen LogP contribution >= 0.6 is 0 Å². The van der Waals surface area contributed by atoms with E-state index < -0.39 is 0 Å². The van der Waals surface area contributed by atoms with Gasteiger partial charge in [0.05, 0.1) is 12.7 Å². The van der Waals surface area contributed by atoms with Crippen LogP contribution in [0.15, 0.2) is 12.2 Å². The first-order valence-corrected chi connectivity index (χ1v) is 7.60. The second kappa shape index (κ2) is 8.71. The van der Waals surface area contributed by atoms with Crippen LogP contribution < -0.4 is 5.32 Å². The minimum atomic E-state index is 0.377. The predicted molar refractivity (Wildman–Crippen MR) is 78.8 cm³/mol. The molecule has 1 aliphatic carbocycles. The molecule has 2 heteroatoms. The lowest BCUT2D eigenvalue weighted by atomic mass is 9.85. The number of hydrogen-bond donors (Lipinski definition) is 1. The van der Waals surface area contributed by atoms with Crippen molar-refractivity contribution < 1.29 is 4.74 Å². The molecule has 0 aromatic rings. The Morgan fingerprint density at radius 1 is 1.22 bits per heavy atom. The SMILES string of the molecule is CCC(CNCC(C)C)OCC1CC=CCC1C. The van der Waals surface area contributed by atoms with Gasteiger partial charge in [0.25, 0.3) is 0 Å². The van der Waals surface area contributed by atoms with Crippen molar-refractivity contribution in [3.8, 4) is 0 Å². The zero-order valence-corrected chi connectivity index (χ0v) is 12.6. The molecule has 0 fully saturated rings. The van der Waals surface area contributed by atoms with Crippen LogP contribution in [0.25, 0.3) is 0 Å². The highest BCUT2D eigenvalue weighted by Crippen LogP contribution is 2.25. The molecule has 1 rings (SSSR count). The third-order valence-electron chi connectivity index (χ3n) is 3.84. The lowest BCUT2D eigenvalue weighted by Crippen LogP contribution is -2.33. The second-order valence-electron chi connectivity index (χ2n) is 6.10. The van der Waals surface area contributed by atoms with E-state index in [-0.39, 0.29) is 0 Å². The molecule has 0 heterocycles. The van der Waals surface area contributed by atoms with Crippen molar-refractivity contribution in [2.45, 2.75) is 53.1 Å². The number of nitrogens with one attached hydrogen (secondary N) is 1. The third-order valence-corrected chi connectivity index (χ3v) is 3.84. The van der Waals surface area contributed by atoms with Gasteiger partial charge in [0.2, 0.25) is 0 Å². The zero-order valence-electron chi connectivity index (χ0n) is 12.6. The van der Waals surface area contributed by atoms with Gasteiger partial charge in [-0.1, -0.05) is 39.8 Å². The lowest BCUT2D eigenvalue weighted by molar-refractivity contribution is 0.0149. The summed E-state index contributed by atoms with van der Waals surface area (Å²) in [6.07, 6.45) is 8.51. The summed E-state index contributed by atoms with van der Waals surface area (Å²) in [7, 11) is 0. The summed E-state index contributed by atoms with van der Waals surface area (Å²) in [5.41, 5.74) is 0. The Morgan fingerprint density at radius 3 is 2.56 bits per heavy atom. The van der Waals surface area contributed by atoms with Gasteiger partial charge in [0.1, 0.15) is 0 Å². The fourth-order valence-corrected chi connectivity index (χ4v) is 2.35. The highest BCUT2D eigenvalue weighted by molar-refractivity contribution is 4.93. The maximum absolute atomic E-state index is 6.09. The molecule has 0 amide bonds. The summed E-state index contributed by atoms with van der Waals surface area (Å²) in [6.45, 7) is 12.0. The van der Waals surface area contributed by atoms with E-state index in [1.807, 2.05) is 0 Å². The molecule has 0 aliphatic heterocycles. The maximum atomic E-state index is 6.09. The monoisotopic (exact) mass is 253 g/mol. The standard InChI is InChI=1S/C16H31NO/c1-5-16(11-17-10-13(2)3)18-12-15-9-7-6-8-14(15)4/h6-7,13-17H,5,8-12H2,1-4H3. The van der Waals surface area contributed by atoms with Gasteiger partial charge >= 0.3 is 0 Å². The van der Waals surface area contributed by atoms with Gasteiger partial charge < -0.3 is 10.1 Å². The summed E-state index contributed by atoms with van der Waals surface area (Å²) in [4.78, 5) is 0. The van der Waals surface area contributed by atoms with Crippen LogP contribution in [0.5, 0.6) is 0 Å². The molecule has 106 valence electrons. The van der Waals surface area contributed by atoms with Crippen molar-refractivity contribution in [3.05, 3.63) is 12.2 Å². The van der Waals surface area contributed by atoms with Crippen molar-refractivity contribution in [1.82, 2.24) is 5.32 Å². The molecule has 0 saturated carbocycles. The molecule has 1 N–H and O–H groups in total. The van der Waals surface area contributed by atoms with Crippen molar-refractivity contribution in [2.75, 3.05) is 19.7 Å². The summed E-state index contributed by atoms with van der Waals surface area (Å²) in [5.74, 6) is 2.20. The quantitative estimate of drug-likeness (QED) is 0.667. The Balaban J connectivity index is 2.20. The normalized spacial score (nSPS) is 25.6. The molecule has 0 bridgehead atoms. The van der Waals surface area contributed by atoms with E-state index in [4.69, 9.17) is 4.74 Å². The van der Waals surface area contributed by atoms with Crippen LogP contribution in [0.3, 0.4) is 0 Å². The van der Waals surface area contributed by atoms with E-state index in [0.717, 1.165) is 32.0 Å². The van der Waals surface area contributed by atoms with E-state index in [9.17, 15) is 0 Å². The molecule has 0 radical (unpaired) electrons. The smallest absolute Gasteiger partial charge is 0.0696 e. The fourth-order valence-electron chi connectivity index (χ4n) is 2.35. The number of allylic oxidation sites excluding steroid dienone is 2. The molecule has 3 unspecified atom stereocenters. The first-order chi connectivity index (χ1) is 8.63. The molecule has 18 heavy (non-hydrogen) atoms. The summed E-state index contributed by atoms with van der Waals surface area (Å²) >= 11 is 0. The summed E-state index contributed by atoms with van der Waals surface area (Å²) < 4.78 is 6.09. The van der Waals surface area contributed by atoms with Crippen molar-refractivity contribution >= 4 is 0 Å². The number of ether oxygens (including phenoxy) is 1. The van der Waals surface area contributed by atoms with Gasteiger partial charge in [-0.3, -0.25) is 0 Å². The first-order valence-electron chi connectivity index (χ1n) is 7.60. The Morgan fingerprint density at radius 2 is 1.94 bits per heavy atom. The number of rotatable bonds is 8. The van der Waals surface area contributed by atoms with Gasteiger partial charge in [-0.05, 0) is 43.6 Å². The Bertz CT molecular complexity index is 237. The van der Waals surface area contributed by atoms with Crippen LogP contribution in [0.2, 0.25) is 0 Å². The molecule has 0 aromatic heterocycles. The molecular formula is C16H31NO. The van der Waals surface area contributed by atoms with Crippen molar-refractivity contribution in [2.24, 2.45) is 17.8 Å². The lowest BCUT2D eigenvalue weighted by Gasteiger charge is -2.27. The van der Waals surface area contributed by atoms with Gasteiger partial charge in [0.15, 0.2) is 0 Å². The van der Waals surface area contributed by atoms with E-state index in [0.29, 0.717) is 17.9 Å². The van der Waals surface area contributed by atoms with Gasteiger partial charge in [0, 0.05) is 6.54 Å². The van der Waals surface area contributed by atoms with Gasteiger partial charge in [-0.15, -0.1) is 0 Å². The van der Waals surface area contributed by atoms with Crippen LogP contribution in [0.1, 0.15) is 47.0 Å². The topological polar surface area (TPSA) is 21.3 Å². The van der Waals surface area contributed by atoms with Gasteiger partial charge in [-0.25, -0.2) is 0 Å². The number of hydrogen-bond acceptors (Lipinski definition) is 2. The van der Waals surface area contributed by atoms with Crippen LogP contribution in [-0.4, -0.2) is 25.8 Å². The Labute approximate surface area is 113 Å². The van der Waals surface area contributed by atoms with Crippen molar-refractivity contribution in [1.29, 1.82) is 0 Å². The Kier molecular flexibility index (Phi) is 7.60. The molecule has 0 saturated heterocycles. The molecule has 3 atom stereocenters. The van der Waals surface area contributed by atoms with Crippen LogP contribution in [0.4, 0.5) is 0 Å². The van der Waals surface area contributed by atoms with Crippen LogP contribution in [0, 0.1) is 17.8 Å². The van der Waals surface area contributed by atoms with E-state index in [1.54, 1.807) is 0 Å². The summed E-state index contributed by atoms with van der Waals surface area (Å²) in [6, 6.07) is 0. The molecule has 0 aromatic carbocycles. The fraction of sp³-hybridized carbons (Fsp3) is 0.875. The second-order valence-corrected chi connectivity index (χ2v) is 6.10. The minimum Gasteiger partial charge on any atom is -0.377 e. The van der Waals surface area contributed by atoms with Crippen molar-refractivity contribution in [3.63, 3.8) is 0 Å². The summed E-state index contributed by atoms with van der Waals surface area (Å²) in [5, 5.41) is 3.50. The predicted octanol–water partition coefficient (Wildman–Crippen LogP) is 3.63. The largest absolute Gasteiger partial charge is 0.377 e. The minimum absolute atomic E-state index is 0.377. The van der Waals surface area contributed by atoms with Gasteiger partial charge in [-0.2, -0.15) is 0 Å². The molecule has 2 nitrogen and oxygen atoms in total. The highest BCUT2D eigenvalue weighted by atomic mass is 16.5. The third kappa shape index (κ3) is 6.01. The molecular weight excluding hydrogens is 222 g/mol. The molecule has 1 aliphatic rings. The molecule has 0 spiro atoms. The maximum Gasteiger partial charge on any atom is 0.0696 e. The average Bonchev–Trinajstić information content (AvgIpc) is 2.35. The Hall–Kier alpha value is -0.340. The van der Waals surface area contributed by atoms with E-state index in [1.165, 1.54) is 12.8 Å². The first kappa shape index (κ1) is 15.7. The average molecular weight is 253 g/mol. The van der Waals surface area contributed by atoms with E-state index >= 15 is 0 Å². The zero-order chi connectivity index (χ0) is 13.4.